The minimum absolute atomic E-state index is 0.603. The number of benzene rings is 10. The molecule has 12 aromatic rings. The molecule has 76 heavy (non-hydrogen) atoms. The number of allylic oxidation sites excluding steroid dienone is 5. The molecule has 0 atom stereocenters. The molecule has 14 rings (SSSR count). The van der Waals surface area contributed by atoms with Gasteiger partial charge >= 0.3 is 0 Å². The van der Waals surface area contributed by atoms with Gasteiger partial charge in [-0.15, -0.1) is 10.0 Å². The Morgan fingerprint density at radius 1 is 0.408 bits per heavy atom. The molecule has 0 bridgehead atoms. The zero-order chi connectivity index (χ0) is 50.4. The van der Waals surface area contributed by atoms with E-state index < -0.39 is 10.0 Å². The second-order valence-corrected chi connectivity index (χ2v) is 22.8. The van der Waals surface area contributed by atoms with Crippen LogP contribution in [0.1, 0.15) is 29.7 Å². The lowest BCUT2D eigenvalue weighted by Crippen LogP contribution is -2.11. The van der Waals surface area contributed by atoms with Crippen LogP contribution in [0, 0.1) is 11.8 Å². The van der Waals surface area contributed by atoms with Crippen molar-refractivity contribution < 1.29 is 0 Å². The van der Waals surface area contributed by atoms with Crippen molar-refractivity contribution >= 4 is 54.4 Å². The maximum Gasteiger partial charge on any atom is 0.0613 e. The van der Waals surface area contributed by atoms with Crippen LogP contribution in [-0.2, 0) is 6.42 Å². The third-order valence-corrected chi connectivity index (χ3v) is 19.2. The summed E-state index contributed by atoms with van der Waals surface area (Å²) in [7, 11) is -2.30. The summed E-state index contributed by atoms with van der Waals surface area (Å²) in [6.45, 7) is 0. The quantitative estimate of drug-likeness (QED) is 0.121. The molecule has 10 aromatic carbocycles. The highest BCUT2D eigenvalue weighted by molar-refractivity contribution is 8.34. The van der Waals surface area contributed by atoms with Gasteiger partial charge in [-0.25, -0.2) is 0 Å². The van der Waals surface area contributed by atoms with E-state index in [2.05, 4.69) is 294 Å². The molecule has 0 fully saturated rings. The van der Waals surface area contributed by atoms with E-state index in [-0.39, 0.29) is 0 Å². The van der Waals surface area contributed by atoms with Gasteiger partial charge in [0.25, 0.3) is 0 Å². The summed E-state index contributed by atoms with van der Waals surface area (Å²) in [5.41, 5.74) is 18.0. The number of fused-ring (bicyclic) bond motifs is 6. The molecule has 360 valence electrons. The molecular weight excluding hydrogens is 937 g/mol. The summed E-state index contributed by atoms with van der Waals surface area (Å²) in [5, 5.41) is 3.75. The van der Waals surface area contributed by atoms with Crippen molar-refractivity contribution in [3.63, 3.8) is 0 Å². The molecule has 2 nitrogen and oxygen atoms in total. The number of nitrogens with zero attached hydrogens (tertiary/aromatic N) is 2. The van der Waals surface area contributed by atoms with Crippen molar-refractivity contribution in [1.82, 2.24) is 9.13 Å². The Morgan fingerprint density at radius 2 is 0.947 bits per heavy atom. The van der Waals surface area contributed by atoms with E-state index >= 15 is 0 Å². The molecule has 0 radical (unpaired) electrons. The lowest BCUT2D eigenvalue weighted by molar-refractivity contribution is 0.886. The largest absolute Gasteiger partial charge is 0.312 e. The number of para-hydroxylation sites is 2. The topological polar surface area (TPSA) is 9.86 Å². The summed E-state index contributed by atoms with van der Waals surface area (Å²) in [5.74, 6) is 6.92. The standard InChI is InChI=1S/C73H52N2S/c1-2-9-31-54(30-8-1)67-50-62(76(59-34-16-6-17-35-59,60-36-18-7-19-37-60)61-47-56(52-26-10-3-11-27-52)46-57(48-61)53-28-12-4-13-29-53)51-68(55-32-14-5-15-33-55)73(67)75-71-43-25-22-40-65(71)66-45-44-58(49-72(66)75)74-69-41-23-20-38-63(69)64-39-21-24-42-70(64)74/h1,3-8,10-24,26-30,32-42,44-51H,25,31,43H2. The molecule has 3 heteroatoms. The molecule has 2 aliphatic rings. The van der Waals surface area contributed by atoms with Crippen molar-refractivity contribution in [2.75, 3.05) is 0 Å². The SMILES string of the molecule is C1#CCC(c2cc(S(c3ccccc3)(c3ccccc3)c3cc(-c4ccccc4)cc(-c4ccccc4)c3)cc(-c3ccccc3)c2-n2c3c(c4ccc(-n5c6ccccc6c6ccccc65)cc42)C=CCC3)=CC=C1. The highest BCUT2D eigenvalue weighted by atomic mass is 32.3. The zero-order valence-electron chi connectivity index (χ0n) is 42.0. The fraction of sp³-hybridized carbons (Fsp3) is 0.0411. The Kier molecular flexibility index (Phi) is 11.4. The van der Waals surface area contributed by atoms with E-state index in [1.807, 2.05) is 6.08 Å². The van der Waals surface area contributed by atoms with Gasteiger partial charge in [0.1, 0.15) is 0 Å². The second-order valence-electron chi connectivity index (χ2n) is 19.7. The third kappa shape index (κ3) is 7.60. The lowest BCUT2D eigenvalue weighted by Gasteiger charge is -2.43. The average Bonchev–Trinajstić information content (AvgIpc) is 3.90. The fourth-order valence-corrected chi connectivity index (χ4v) is 16.0. The van der Waals surface area contributed by atoms with Crippen molar-refractivity contribution in [3.8, 4) is 56.6 Å². The first-order valence-corrected chi connectivity index (χ1v) is 28.0. The van der Waals surface area contributed by atoms with Gasteiger partial charge in [-0.2, -0.15) is 0 Å². The van der Waals surface area contributed by atoms with Gasteiger partial charge in [0, 0.05) is 70.2 Å². The van der Waals surface area contributed by atoms with Gasteiger partial charge in [-0.05, 0) is 131 Å². The van der Waals surface area contributed by atoms with Gasteiger partial charge in [0.2, 0.25) is 0 Å². The number of hydrogen-bond donors (Lipinski definition) is 0. The molecule has 2 heterocycles. The maximum atomic E-state index is 3.57. The van der Waals surface area contributed by atoms with Crippen molar-refractivity contribution in [2.24, 2.45) is 0 Å². The molecule has 0 spiro atoms. The molecule has 2 aromatic heterocycles. The van der Waals surface area contributed by atoms with E-state index in [0.29, 0.717) is 6.42 Å². The summed E-state index contributed by atoms with van der Waals surface area (Å²) < 4.78 is 5.11. The Morgan fingerprint density at radius 3 is 1.57 bits per heavy atom. The smallest absolute Gasteiger partial charge is 0.0613 e. The fourth-order valence-electron chi connectivity index (χ4n) is 12.0. The molecule has 0 aliphatic heterocycles. The van der Waals surface area contributed by atoms with Gasteiger partial charge in [-0.3, -0.25) is 0 Å². The maximum absolute atomic E-state index is 3.57. The first-order valence-electron chi connectivity index (χ1n) is 26.3. The molecule has 0 N–H and O–H groups in total. The summed E-state index contributed by atoms with van der Waals surface area (Å²) in [6, 6.07) is 92.9. The first kappa shape index (κ1) is 45.3. The van der Waals surface area contributed by atoms with E-state index in [9.17, 15) is 0 Å². The molecule has 0 amide bonds. The Labute approximate surface area is 446 Å². The van der Waals surface area contributed by atoms with Gasteiger partial charge in [0.15, 0.2) is 0 Å². The highest BCUT2D eigenvalue weighted by Crippen LogP contribution is 2.74. The lowest BCUT2D eigenvalue weighted by atomic mass is 9.93. The average molecular weight is 989 g/mol. The molecule has 2 aliphatic carbocycles. The Hall–Kier alpha value is -9.33. The van der Waals surface area contributed by atoms with E-state index in [0.717, 1.165) is 24.1 Å². The Bertz CT molecular complexity index is 4190. The van der Waals surface area contributed by atoms with Crippen LogP contribution >= 0.6 is 10.0 Å². The summed E-state index contributed by atoms with van der Waals surface area (Å²) in [4.78, 5) is 5.05. The van der Waals surface area contributed by atoms with Crippen molar-refractivity contribution in [2.45, 2.75) is 38.8 Å². The monoisotopic (exact) mass is 988 g/mol. The minimum Gasteiger partial charge on any atom is -0.312 e. The van der Waals surface area contributed by atoms with Crippen molar-refractivity contribution in [3.05, 3.63) is 290 Å². The van der Waals surface area contributed by atoms with Gasteiger partial charge < -0.3 is 9.13 Å². The van der Waals surface area contributed by atoms with Gasteiger partial charge in [-0.1, -0.05) is 206 Å². The van der Waals surface area contributed by atoms with Crippen LogP contribution in [0.5, 0.6) is 0 Å². The van der Waals surface area contributed by atoms with Crippen LogP contribution in [0.15, 0.2) is 293 Å². The van der Waals surface area contributed by atoms with Crippen LogP contribution in [0.2, 0.25) is 0 Å². The van der Waals surface area contributed by atoms with Crippen LogP contribution < -0.4 is 0 Å². The van der Waals surface area contributed by atoms with Crippen LogP contribution in [-0.4, -0.2) is 9.13 Å². The van der Waals surface area contributed by atoms with E-state index in [1.165, 1.54) is 108 Å². The highest BCUT2D eigenvalue weighted by Gasteiger charge is 2.37. The number of aromatic nitrogens is 2. The van der Waals surface area contributed by atoms with E-state index in [4.69, 9.17) is 0 Å². The summed E-state index contributed by atoms with van der Waals surface area (Å²) in [6.07, 6.45) is 13.6. The van der Waals surface area contributed by atoms with Crippen LogP contribution in [0.25, 0.3) is 89.1 Å². The van der Waals surface area contributed by atoms with Crippen LogP contribution in [0.3, 0.4) is 0 Å². The molecule has 0 saturated heterocycles. The summed E-state index contributed by atoms with van der Waals surface area (Å²) >= 11 is 0. The first-order chi connectivity index (χ1) is 37.7. The number of rotatable bonds is 10. The molecule has 0 unspecified atom stereocenters. The third-order valence-electron chi connectivity index (χ3n) is 15.4. The predicted octanol–water partition coefficient (Wildman–Crippen LogP) is 19.4. The van der Waals surface area contributed by atoms with Crippen LogP contribution in [0.4, 0.5) is 0 Å². The molecular formula is C73H52N2S. The second kappa shape index (κ2) is 19.2. The molecule has 0 saturated carbocycles. The number of hydrogen-bond acceptors (Lipinski definition) is 0. The predicted molar refractivity (Wildman–Crippen MR) is 321 cm³/mol. The Balaban J connectivity index is 1.14. The van der Waals surface area contributed by atoms with Crippen molar-refractivity contribution in [1.29, 1.82) is 0 Å². The van der Waals surface area contributed by atoms with E-state index in [1.54, 1.807) is 0 Å². The minimum atomic E-state index is -2.30. The van der Waals surface area contributed by atoms with Gasteiger partial charge in [0.05, 0.1) is 22.2 Å². The zero-order valence-corrected chi connectivity index (χ0v) is 42.8. The normalized spacial score (nSPS) is 13.3.